The molecule has 1 aliphatic rings. The summed E-state index contributed by atoms with van der Waals surface area (Å²) in [7, 11) is 0. The van der Waals surface area contributed by atoms with Gasteiger partial charge in [0.05, 0.1) is 11.5 Å². The number of β-amino-alcohol motifs (C(OH)–C–C–N with tert-alkyl or cyclic N) is 1. The number of hydrogen-bond acceptors (Lipinski definition) is 6. The first-order valence-electron chi connectivity index (χ1n) is 6.81. The lowest BCUT2D eigenvalue weighted by molar-refractivity contribution is 0.188. The van der Waals surface area contributed by atoms with Crippen molar-refractivity contribution in [2.24, 2.45) is 0 Å². The van der Waals surface area contributed by atoms with Crippen LogP contribution in [-0.2, 0) is 0 Å². The molecule has 0 aromatic carbocycles. The van der Waals surface area contributed by atoms with Crippen molar-refractivity contribution < 1.29 is 5.11 Å². The summed E-state index contributed by atoms with van der Waals surface area (Å²) in [6, 6.07) is 4.12. The molecule has 106 valence electrons. The standard InChI is InChI=1S/C14H18N4OS/c19-10-9-17-5-7-18(8-6-17)14-13(15-3-4-16-14)12-2-1-11-20-12/h1-4,11,19H,5-10H2. The van der Waals surface area contributed by atoms with E-state index in [0.717, 1.165) is 49.1 Å². The molecule has 2 aromatic rings. The van der Waals surface area contributed by atoms with Gasteiger partial charge in [0, 0.05) is 45.1 Å². The molecule has 1 N–H and O–H groups in total. The Morgan fingerprint density at radius 1 is 1.15 bits per heavy atom. The van der Waals surface area contributed by atoms with Gasteiger partial charge in [0.2, 0.25) is 0 Å². The highest BCUT2D eigenvalue weighted by Gasteiger charge is 2.21. The number of anilines is 1. The highest BCUT2D eigenvalue weighted by atomic mass is 32.1. The average molecular weight is 290 g/mol. The second-order valence-electron chi connectivity index (χ2n) is 4.76. The number of aliphatic hydroxyl groups excluding tert-OH is 1. The second kappa shape index (κ2) is 6.30. The first-order valence-corrected chi connectivity index (χ1v) is 7.69. The minimum Gasteiger partial charge on any atom is -0.395 e. The van der Waals surface area contributed by atoms with Gasteiger partial charge < -0.3 is 10.0 Å². The molecule has 6 heteroatoms. The van der Waals surface area contributed by atoms with E-state index < -0.39 is 0 Å². The number of aromatic nitrogens is 2. The summed E-state index contributed by atoms with van der Waals surface area (Å²) in [6.07, 6.45) is 3.51. The maximum atomic E-state index is 8.99. The summed E-state index contributed by atoms with van der Waals surface area (Å²) in [4.78, 5) is 14.8. The van der Waals surface area contributed by atoms with Crippen LogP contribution in [0, 0.1) is 0 Å². The normalized spacial score (nSPS) is 16.6. The topological polar surface area (TPSA) is 52.5 Å². The molecule has 3 heterocycles. The summed E-state index contributed by atoms with van der Waals surface area (Å²) < 4.78 is 0. The van der Waals surface area contributed by atoms with Crippen molar-refractivity contribution in [3.05, 3.63) is 29.9 Å². The molecular weight excluding hydrogens is 272 g/mol. The largest absolute Gasteiger partial charge is 0.395 e. The third-order valence-corrected chi connectivity index (χ3v) is 4.40. The van der Waals surface area contributed by atoms with Gasteiger partial charge in [-0.1, -0.05) is 6.07 Å². The number of aliphatic hydroxyl groups is 1. The molecule has 0 amide bonds. The molecule has 0 atom stereocenters. The van der Waals surface area contributed by atoms with E-state index in [9.17, 15) is 0 Å². The van der Waals surface area contributed by atoms with Crippen LogP contribution in [0.5, 0.6) is 0 Å². The van der Waals surface area contributed by atoms with Gasteiger partial charge in [-0.25, -0.2) is 9.97 Å². The first-order chi connectivity index (χ1) is 9.88. The molecule has 1 aliphatic heterocycles. The summed E-state index contributed by atoms with van der Waals surface area (Å²) in [5.41, 5.74) is 0.970. The highest BCUT2D eigenvalue weighted by Crippen LogP contribution is 2.30. The quantitative estimate of drug-likeness (QED) is 0.920. The van der Waals surface area contributed by atoms with E-state index >= 15 is 0 Å². The molecule has 0 aliphatic carbocycles. The Morgan fingerprint density at radius 2 is 1.95 bits per heavy atom. The number of rotatable bonds is 4. The Hall–Kier alpha value is -1.50. The van der Waals surface area contributed by atoms with Crippen molar-refractivity contribution in [2.45, 2.75) is 0 Å². The fourth-order valence-corrected chi connectivity index (χ4v) is 3.19. The molecule has 0 unspecified atom stereocenters. The predicted octanol–water partition coefficient (Wildman–Crippen LogP) is 1.32. The number of hydrogen-bond donors (Lipinski definition) is 1. The van der Waals surface area contributed by atoms with E-state index in [4.69, 9.17) is 5.11 Å². The monoisotopic (exact) mass is 290 g/mol. The Balaban J connectivity index is 1.78. The zero-order valence-corrected chi connectivity index (χ0v) is 12.1. The van der Waals surface area contributed by atoms with Crippen molar-refractivity contribution in [1.29, 1.82) is 0 Å². The summed E-state index contributed by atoms with van der Waals surface area (Å²) in [5, 5.41) is 11.1. The number of piperazine rings is 1. The molecule has 2 aromatic heterocycles. The lowest BCUT2D eigenvalue weighted by Gasteiger charge is -2.35. The van der Waals surface area contributed by atoms with Crippen LogP contribution in [0.1, 0.15) is 0 Å². The summed E-state index contributed by atoms with van der Waals surface area (Å²) >= 11 is 1.69. The molecular formula is C14H18N4OS. The fraction of sp³-hybridized carbons (Fsp3) is 0.429. The average Bonchev–Trinajstić information content (AvgIpc) is 3.03. The molecule has 1 saturated heterocycles. The van der Waals surface area contributed by atoms with Crippen LogP contribution in [0.15, 0.2) is 29.9 Å². The summed E-state index contributed by atoms with van der Waals surface area (Å²) in [6.45, 7) is 4.76. The van der Waals surface area contributed by atoms with E-state index in [0.29, 0.717) is 0 Å². The molecule has 20 heavy (non-hydrogen) atoms. The van der Waals surface area contributed by atoms with Gasteiger partial charge >= 0.3 is 0 Å². The minimum absolute atomic E-state index is 0.228. The number of nitrogens with zero attached hydrogens (tertiary/aromatic N) is 4. The molecule has 0 saturated carbocycles. The van der Waals surface area contributed by atoms with Crippen LogP contribution in [-0.4, -0.2) is 59.3 Å². The highest BCUT2D eigenvalue weighted by molar-refractivity contribution is 7.13. The third kappa shape index (κ3) is 2.82. The van der Waals surface area contributed by atoms with E-state index in [-0.39, 0.29) is 6.61 Å². The van der Waals surface area contributed by atoms with Gasteiger partial charge in [-0.15, -0.1) is 11.3 Å². The lowest BCUT2D eigenvalue weighted by atomic mass is 10.2. The van der Waals surface area contributed by atoms with Crippen LogP contribution in [0.25, 0.3) is 10.6 Å². The number of thiophene rings is 1. The van der Waals surface area contributed by atoms with Crippen molar-refractivity contribution >= 4 is 17.2 Å². The van der Waals surface area contributed by atoms with Crippen molar-refractivity contribution in [2.75, 3.05) is 44.2 Å². The molecule has 5 nitrogen and oxygen atoms in total. The smallest absolute Gasteiger partial charge is 0.156 e. The zero-order valence-electron chi connectivity index (χ0n) is 11.3. The van der Waals surface area contributed by atoms with E-state index in [1.807, 2.05) is 6.07 Å². The van der Waals surface area contributed by atoms with Crippen LogP contribution in [0.4, 0.5) is 5.82 Å². The fourth-order valence-electron chi connectivity index (χ4n) is 2.47. The van der Waals surface area contributed by atoms with E-state index in [1.54, 1.807) is 23.7 Å². The van der Waals surface area contributed by atoms with Crippen LogP contribution >= 0.6 is 11.3 Å². The van der Waals surface area contributed by atoms with Gasteiger partial charge in [-0.3, -0.25) is 4.90 Å². The zero-order chi connectivity index (χ0) is 13.8. The van der Waals surface area contributed by atoms with Gasteiger partial charge in [0.15, 0.2) is 5.82 Å². The third-order valence-electron chi connectivity index (χ3n) is 3.52. The first kappa shape index (κ1) is 13.5. The van der Waals surface area contributed by atoms with Gasteiger partial charge in [-0.2, -0.15) is 0 Å². The maximum Gasteiger partial charge on any atom is 0.156 e. The van der Waals surface area contributed by atoms with Crippen molar-refractivity contribution in [1.82, 2.24) is 14.9 Å². The molecule has 1 fully saturated rings. The van der Waals surface area contributed by atoms with Gasteiger partial charge in [0.25, 0.3) is 0 Å². The van der Waals surface area contributed by atoms with Crippen molar-refractivity contribution in [3.8, 4) is 10.6 Å². The van der Waals surface area contributed by atoms with E-state index in [1.165, 1.54) is 0 Å². The minimum atomic E-state index is 0.228. The lowest BCUT2D eigenvalue weighted by Crippen LogP contribution is -2.47. The van der Waals surface area contributed by atoms with Gasteiger partial charge in [-0.05, 0) is 11.4 Å². The molecule has 3 rings (SSSR count). The Bertz CT molecular complexity index is 538. The Morgan fingerprint density at radius 3 is 2.65 bits per heavy atom. The van der Waals surface area contributed by atoms with Gasteiger partial charge in [0.1, 0.15) is 5.69 Å². The molecule has 0 radical (unpaired) electrons. The van der Waals surface area contributed by atoms with Crippen molar-refractivity contribution in [3.63, 3.8) is 0 Å². The van der Waals surface area contributed by atoms with Crippen LogP contribution in [0.3, 0.4) is 0 Å². The Labute approximate surface area is 122 Å². The van der Waals surface area contributed by atoms with Crippen LogP contribution in [0.2, 0.25) is 0 Å². The van der Waals surface area contributed by atoms with Crippen LogP contribution < -0.4 is 4.90 Å². The van der Waals surface area contributed by atoms with E-state index in [2.05, 4.69) is 31.2 Å². The molecule has 0 spiro atoms. The summed E-state index contributed by atoms with van der Waals surface area (Å²) in [5.74, 6) is 0.971. The second-order valence-corrected chi connectivity index (χ2v) is 5.71. The molecule has 0 bridgehead atoms. The maximum absolute atomic E-state index is 8.99. The Kier molecular flexibility index (Phi) is 4.25. The SMILES string of the molecule is OCCN1CCN(c2nccnc2-c2cccs2)CC1. The predicted molar refractivity (Wildman–Crippen MR) is 81.1 cm³/mol.